The molecular formula is C26H34F2O11S. The summed E-state index contributed by atoms with van der Waals surface area (Å²) in [6, 6.07) is 0. The van der Waals surface area contributed by atoms with Gasteiger partial charge in [0.2, 0.25) is 0 Å². The lowest BCUT2D eigenvalue weighted by molar-refractivity contribution is -0.179. The molecule has 14 heteroatoms. The van der Waals surface area contributed by atoms with Crippen LogP contribution in [0.1, 0.15) is 77.6 Å². The number of carbonyl (C=O) groups is 4. The number of hydrogen-bond acceptors (Lipinski definition) is 10. The zero-order chi connectivity index (χ0) is 29.0. The van der Waals surface area contributed by atoms with Crippen molar-refractivity contribution in [1.82, 2.24) is 0 Å². The van der Waals surface area contributed by atoms with Gasteiger partial charge in [-0.25, -0.2) is 0 Å². The van der Waals surface area contributed by atoms with Crippen LogP contribution in [0.2, 0.25) is 0 Å². The Morgan fingerprint density at radius 3 is 2.33 bits per heavy atom. The van der Waals surface area contributed by atoms with Crippen molar-refractivity contribution in [3.63, 3.8) is 0 Å². The average molecular weight is 593 g/mol. The molecule has 5 fully saturated rings. The maximum Gasteiger partial charge on any atom is 0.405 e. The molecule has 0 aromatic heterocycles. The van der Waals surface area contributed by atoms with E-state index < -0.39 is 93.8 Å². The van der Waals surface area contributed by atoms with Crippen LogP contribution in [-0.2, 0) is 48.2 Å². The smallest absolute Gasteiger partial charge is 0.405 e. The van der Waals surface area contributed by atoms with Crippen molar-refractivity contribution in [2.24, 2.45) is 29.6 Å². The largest absolute Gasteiger partial charge is 0.459 e. The van der Waals surface area contributed by atoms with E-state index in [-0.39, 0.29) is 5.92 Å². The minimum absolute atomic E-state index is 0.299. The molecule has 0 radical (unpaired) electrons. The molecule has 1 N–H and O–H groups in total. The molecule has 5 aliphatic rings. The Morgan fingerprint density at radius 2 is 1.70 bits per heavy atom. The van der Waals surface area contributed by atoms with Gasteiger partial charge in [-0.3, -0.25) is 23.7 Å². The van der Waals surface area contributed by atoms with Crippen LogP contribution in [0, 0.1) is 29.6 Å². The highest BCUT2D eigenvalue weighted by atomic mass is 32.2. The Bertz CT molecular complexity index is 1160. The summed E-state index contributed by atoms with van der Waals surface area (Å²) in [5.74, 6) is -5.12. The van der Waals surface area contributed by atoms with Crippen molar-refractivity contribution in [2.45, 2.75) is 107 Å². The van der Waals surface area contributed by atoms with Crippen LogP contribution in [0.3, 0.4) is 0 Å². The van der Waals surface area contributed by atoms with E-state index in [4.69, 9.17) is 18.8 Å². The number of carbonyl (C=O) groups excluding carboxylic acids is 4. The SMILES string of the molecule is CC(OC(=O)CCC(=O)OC1C2CC3C1OC(=O)C3C2C(=O)OC1(C2CCCC2)CCCC1)C(F)(F)S(=O)(=O)O. The van der Waals surface area contributed by atoms with Gasteiger partial charge in [-0.1, -0.05) is 12.8 Å². The summed E-state index contributed by atoms with van der Waals surface area (Å²) in [4.78, 5) is 50.9. The Hall–Kier alpha value is -2.35. The second-order valence-corrected chi connectivity index (χ2v) is 13.3. The fourth-order valence-corrected chi connectivity index (χ4v) is 8.17. The van der Waals surface area contributed by atoms with Crippen molar-refractivity contribution in [3.05, 3.63) is 0 Å². The van der Waals surface area contributed by atoms with Crippen molar-refractivity contribution in [2.75, 3.05) is 0 Å². The summed E-state index contributed by atoms with van der Waals surface area (Å²) in [6.45, 7) is 0.589. The Labute approximate surface area is 230 Å². The van der Waals surface area contributed by atoms with Crippen molar-refractivity contribution < 1.29 is 59.9 Å². The molecule has 0 amide bonds. The van der Waals surface area contributed by atoms with Gasteiger partial charge in [0.25, 0.3) is 0 Å². The molecule has 40 heavy (non-hydrogen) atoms. The molecule has 5 rings (SSSR count). The van der Waals surface area contributed by atoms with Gasteiger partial charge in [-0.05, 0) is 57.8 Å². The number of fused-ring (bicyclic) bond motifs is 1. The lowest BCUT2D eigenvalue weighted by Crippen LogP contribution is -2.47. The third-order valence-electron chi connectivity index (χ3n) is 9.60. The molecule has 1 saturated heterocycles. The number of esters is 4. The van der Waals surface area contributed by atoms with Gasteiger partial charge in [-0.2, -0.15) is 17.2 Å². The van der Waals surface area contributed by atoms with Crippen LogP contribution in [0.4, 0.5) is 8.78 Å². The molecule has 0 spiro atoms. The minimum Gasteiger partial charge on any atom is -0.459 e. The fraction of sp³-hybridized carbons (Fsp3) is 0.846. The molecular weight excluding hydrogens is 558 g/mol. The van der Waals surface area contributed by atoms with Gasteiger partial charge in [0.15, 0.2) is 6.10 Å². The van der Waals surface area contributed by atoms with E-state index in [2.05, 4.69) is 4.74 Å². The highest BCUT2D eigenvalue weighted by Gasteiger charge is 2.70. The first-order valence-electron chi connectivity index (χ1n) is 13.9. The highest BCUT2D eigenvalue weighted by Crippen LogP contribution is 2.59. The van der Waals surface area contributed by atoms with E-state index in [1.54, 1.807) is 0 Å². The lowest BCUT2D eigenvalue weighted by Gasteiger charge is -2.38. The zero-order valence-corrected chi connectivity index (χ0v) is 22.9. The monoisotopic (exact) mass is 592 g/mol. The van der Waals surface area contributed by atoms with Gasteiger partial charge < -0.3 is 18.9 Å². The fourth-order valence-electron chi connectivity index (χ4n) is 7.71. The summed E-state index contributed by atoms with van der Waals surface area (Å²) in [5.41, 5.74) is -0.521. The molecule has 0 aromatic rings. The Morgan fingerprint density at radius 1 is 1.07 bits per heavy atom. The van der Waals surface area contributed by atoms with E-state index in [1.165, 1.54) is 0 Å². The molecule has 4 saturated carbocycles. The summed E-state index contributed by atoms with van der Waals surface area (Å²) >= 11 is 0. The zero-order valence-electron chi connectivity index (χ0n) is 22.1. The number of ether oxygens (including phenoxy) is 4. The minimum atomic E-state index is -5.82. The predicted molar refractivity (Wildman–Crippen MR) is 129 cm³/mol. The normalized spacial score (nSPS) is 33.5. The van der Waals surface area contributed by atoms with E-state index in [1.807, 2.05) is 0 Å². The van der Waals surface area contributed by atoms with Crippen LogP contribution in [0.15, 0.2) is 0 Å². The second kappa shape index (κ2) is 10.5. The van der Waals surface area contributed by atoms with E-state index >= 15 is 0 Å². The maximum atomic E-state index is 13.6. The van der Waals surface area contributed by atoms with Gasteiger partial charge in [0.05, 0.1) is 24.7 Å². The average Bonchev–Trinajstić information content (AvgIpc) is 3.68. The molecule has 4 aliphatic carbocycles. The van der Waals surface area contributed by atoms with E-state index in [0.29, 0.717) is 19.3 Å². The van der Waals surface area contributed by atoms with Crippen LogP contribution in [0.25, 0.3) is 0 Å². The first-order chi connectivity index (χ1) is 18.7. The van der Waals surface area contributed by atoms with Crippen LogP contribution < -0.4 is 0 Å². The summed E-state index contributed by atoms with van der Waals surface area (Å²) in [5, 5.41) is -4.73. The van der Waals surface area contributed by atoms with E-state index in [0.717, 1.165) is 51.4 Å². The van der Waals surface area contributed by atoms with Crippen LogP contribution in [0.5, 0.6) is 0 Å². The number of rotatable bonds is 10. The molecule has 0 aromatic carbocycles. The number of halogens is 2. The molecule has 7 unspecified atom stereocenters. The quantitative estimate of drug-likeness (QED) is 0.226. The number of alkyl halides is 2. The van der Waals surface area contributed by atoms with Crippen LogP contribution >= 0.6 is 0 Å². The number of hydrogen-bond donors (Lipinski definition) is 1. The molecule has 11 nitrogen and oxygen atoms in total. The lowest BCUT2D eigenvalue weighted by atomic mass is 9.78. The van der Waals surface area contributed by atoms with E-state index in [9.17, 15) is 36.4 Å². The third-order valence-corrected chi connectivity index (χ3v) is 10.6. The molecule has 224 valence electrons. The first kappa shape index (κ1) is 29.2. The maximum absolute atomic E-state index is 13.6. The highest BCUT2D eigenvalue weighted by molar-refractivity contribution is 7.86. The Kier molecular flexibility index (Phi) is 7.64. The van der Waals surface area contributed by atoms with Gasteiger partial charge in [-0.15, -0.1) is 0 Å². The van der Waals surface area contributed by atoms with Crippen molar-refractivity contribution >= 4 is 34.0 Å². The molecule has 7 atom stereocenters. The van der Waals surface area contributed by atoms with Gasteiger partial charge >= 0.3 is 39.2 Å². The second-order valence-electron chi connectivity index (χ2n) is 11.8. The molecule has 1 aliphatic heterocycles. The van der Waals surface area contributed by atoms with Gasteiger partial charge in [0.1, 0.15) is 17.8 Å². The van der Waals surface area contributed by atoms with Crippen LogP contribution in [-0.4, -0.2) is 66.0 Å². The summed E-state index contributed by atoms with van der Waals surface area (Å²) in [6.07, 6.45) is 2.79. The van der Waals surface area contributed by atoms with Crippen molar-refractivity contribution in [3.8, 4) is 0 Å². The van der Waals surface area contributed by atoms with Crippen molar-refractivity contribution in [1.29, 1.82) is 0 Å². The predicted octanol–water partition coefficient (Wildman–Crippen LogP) is 2.94. The summed E-state index contributed by atoms with van der Waals surface area (Å²) < 4.78 is 79.2. The van der Waals surface area contributed by atoms with Gasteiger partial charge in [0, 0.05) is 11.8 Å². The third kappa shape index (κ3) is 4.99. The topological polar surface area (TPSA) is 160 Å². The Balaban J connectivity index is 1.20. The molecule has 2 bridgehead atoms. The summed E-state index contributed by atoms with van der Waals surface area (Å²) in [7, 11) is -5.82. The standard InChI is InChI=1S/C26H34F2O11S/c1-13(26(27,28)40(33,34)35)36-17(29)8-9-18(30)37-21-16-12-15-19(23(31)38-22(15)21)20(16)24(32)39-25(10-4-5-11-25)14-6-2-3-7-14/h13-16,19-22H,2-12H2,1H3,(H,33,34,35). The molecule has 1 heterocycles. The first-order valence-corrected chi connectivity index (χ1v) is 15.4.